The van der Waals surface area contributed by atoms with Gasteiger partial charge in [0.15, 0.2) is 0 Å². The van der Waals surface area contributed by atoms with Crippen molar-refractivity contribution >= 4 is 17.6 Å². The van der Waals surface area contributed by atoms with Crippen LogP contribution >= 0.6 is 0 Å². The molecule has 4 rings (SSSR count). The van der Waals surface area contributed by atoms with Crippen molar-refractivity contribution < 1.29 is 9.59 Å². The van der Waals surface area contributed by atoms with Crippen LogP contribution in [-0.4, -0.2) is 27.9 Å². The van der Waals surface area contributed by atoms with Crippen molar-refractivity contribution in [3.05, 3.63) is 59.4 Å². The number of urea groups is 1. The van der Waals surface area contributed by atoms with Crippen molar-refractivity contribution in [1.29, 1.82) is 0 Å². The van der Waals surface area contributed by atoms with Crippen LogP contribution in [0.2, 0.25) is 0 Å². The van der Waals surface area contributed by atoms with Gasteiger partial charge in [0.1, 0.15) is 0 Å². The summed E-state index contributed by atoms with van der Waals surface area (Å²) >= 11 is 0. The van der Waals surface area contributed by atoms with Crippen LogP contribution in [0.3, 0.4) is 0 Å². The number of hydrogen-bond acceptors (Lipinski definition) is 3. The fourth-order valence-electron chi connectivity index (χ4n) is 4.34. The molecule has 6 heteroatoms. The summed E-state index contributed by atoms with van der Waals surface area (Å²) in [5, 5.41) is 6.17. The van der Waals surface area contributed by atoms with Gasteiger partial charge in [-0.1, -0.05) is 26.0 Å². The van der Waals surface area contributed by atoms with Crippen LogP contribution in [0, 0.1) is 5.92 Å². The average molecular weight is 407 g/mol. The number of benzene rings is 1. The largest absolute Gasteiger partial charge is 0.353 e. The van der Waals surface area contributed by atoms with E-state index in [1.807, 2.05) is 38.2 Å². The fourth-order valence-corrected chi connectivity index (χ4v) is 4.34. The van der Waals surface area contributed by atoms with Gasteiger partial charge in [-0.3, -0.25) is 9.78 Å². The van der Waals surface area contributed by atoms with Gasteiger partial charge < -0.3 is 15.5 Å². The van der Waals surface area contributed by atoms with Gasteiger partial charge in [-0.05, 0) is 66.5 Å². The lowest BCUT2D eigenvalue weighted by Gasteiger charge is -2.30. The Morgan fingerprint density at radius 1 is 1.00 bits per heavy atom. The number of carbonyl (C=O) groups is 2. The molecule has 0 radical (unpaired) electrons. The predicted octanol–water partition coefficient (Wildman–Crippen LogP) is 4.43. The summed E-state index contributed by atoms with van der Waals surface area (Å²) in [5.41, 5.74) is 4.40. The molecule has 1 saturated carbocycles. The van der Waals surface area contributed by atoms with Gasteiger partial charge >= 0.3 is 6.03 Å². The molecule has 2 aromatic rings. The van der Waals surface area contributed by atoms with Crippen LogP contribution in [0.15, 0.2) is 42.7 Å². The number of rotatable bonds is 4. The summed E-state index contributed by atoms with van der Waals surface area (Å²) in [7, 11) is 0. The molecule has 2 aliphatic rings. The number of nitrogens with one attached hydrogen (secondary N) is 2. The van der Waals surface area contributed by atoms with Crippen LogP contribution in [0.1, 0.15) is 62.1 Å². The maximum atomic E-state index is 12.6. The highest BCUT2D eigenvalue weighted by Crippen LogP contribution is 2.33. The first-order chi connectivity index (χ1) is 14.5. The second-order valence-corrected chi connectivity index (χ2v) is 8.76. The summed E-state index contributed by atoms with van der Waals surface area (Å²) in [4.78, 5) is 30.4. The van der Waals surface area contributed by atoms with Crippen molar-refractivity contribution in [3.63, 3.8) is 0 Å². The molecule has 0 atom stereocenters. The van der Waals surface area contributed by atoms with Crippen molar-refractivity contribution in [2.75, 3.05) is 5.32 Å². The number of nitrogens with zero attached hydrogens (tertiary/aromatic N) is 2. The fraction of sp³-hybridized carbons (Fsp3) is 0.458. The zero-order valence-electron chi connectivity index (χ0n) is 17.7. The van der Waals surface area contributed by atoms with Crippen LogP contribution in [0.5, 0.6) is 0 Å². The van der Waals surface area contributed by atoms with Gasteiger partial charge in [-0.25, -0.2) is 4.79 Å². The van der Waals surface area contributed by atoms with E-state index in [2.05, 4.69) is 27.8 Å². The molecule has 1 aromatic carbocycles. The number of pyridine rings is 1. The van der Waals surface area contributed by atoms with E-state index >= 15 is 0 Å². The van der Waals surface area contributed by atoms with Crippen molar-refractivity contribution in [2.24, 2.45) is 5.92 Å². The van der Waals surface area contributed by atoms with Crippen LogP contribution in [-0.2, 0) is 17.9 Å². The van der Waals surface area contributed by atoms with Gasteiger partial charge in [-0.2, -0.15) is 0 Å². The van der Waals surface area contributed by atoms with E-state index < -0.39 is 0 Å². The first-order valence-corrected chi connectivity index (χ1v) is 10.9. The van der Waals surface area contributed by atoms with E-state index in [1.54, 1.807) is 11.1 Å². The van der Waals surface area contributed by atoms with Crippen molar-refractivity contribution in [1.82, 2.24) is 15.2 Å². The highest BCUT2D eigenvalue weighted by Gasteiger charge is 2.25. The van der Waals surface area contributed by atoms with Gasteiger partial charge in [0.25, 0.3) is 0 Å². The third-order valence-corrected chi connectivity index (χ3v) is 6.25. The SMILES string of the molecule is CC(C)C(=O)N[C@H]1CC[C@H](c2ccc(NC(=O)N3Cc4ccncc4C3)cc2)CC1. The standard InChI is InChI=1S/C24H30N4O2/c1-16(2)23(29)26-21-7-3-17(4-8-21)18-5-9-22(10-6-18)27-24(30)28-14-19-11-12-25-13-20(19)15-28/h5-6,9-13,16-17,21H,3-4,7-8,14-15H2,1-2H3,(H,26,29)(H,27,30)/t17-,21-. The minimum Gasteiger partial charge on any atom is -0.353 e. The van der Waals surface area contributed by atoms with Crippen LogP contribution in [0.25, 0.3) is 0 Å². The van der Waals surface area contributed by atoms with E-state index in [4.69, 9.17) is 0 Å². The van der Waals surface area contributed by atoms with Crippen molar-refractivity contribution in [3.8, 4) is 0 Å². The minimum atomic E-state index is -0.0830. The summed E-state index contributed by atoms with van der Waals surface area (Å²) in [6.45, 7) is 5.09. The smallest absolute Gasteiger partial charge is 0.322 e. The summed E-state index contributed by atoms with van der Waals surface area (Å²) in [6.07, 6.45) is 7.80. The Labute approximate surface area is 178 Å². The molecule has 6 nitrogen and oxygen atoms in total. The highest BCUT2D eigenvalue weighted by molar-refractivity contribution is 5.89. The second kappa shape index (κ2) is 8.86. The Balaban J connectivity index is 1.28. The molecule has 0 unspecified atom stereocenters. The molecule has 1 aromatic heterocycles. The molecule has 1 aliphatic carbocycles. The molecule has 3 amide bonds. The molecule has 2 N–H and O–H groups in total. The summed E-state index contributed by atoms with van der Waals surface area (Å²) in [6, 6.07) is 10.4. The van der Waals surface area contributed by atoms with Crippen LogP contribution < -0.4 is 10.6 Å². The zero-order valence-corrected chi connectivity index (χ0v) is 17.7. The zero-order chi connectivity index (χ0) is 21.1. The maximum absolute atomic E-state index is 12.6. The van der Waals surface area contributed by atoms with E-state index in [0.717, 1.165) is 42.5 Å². The van der Waals surface area contributed by atoms with E-state index in [0.29, 0.717) is 25.0 Å². The molecule has 0 saturated heterocycles. The Bertz CT molecular complexity index is 877. The molecule has 0 spiro atoms. The van der Waals surface area contributed by atoms with Crippen LogP contribution in [0.4, 0.5) is 10.5 Å². The molecular formula is C24H30N4O2. The molecule has 1 aliphatic heterocycles. The lowest BCUT2D eigenvalue weighted by atomic mass is 9.81. The van der Waals surface area contributed by atoms with E-state index in [1.165, 1.54) is 5.56 Å². The average Bonchev–Trinajstić information content (AvgIpc) is 3.19. The van der Waals surface area contributed by atoms with Gasteiger partial charge in [0.2, 0.25) is 5.91 Å². The van der Waals surface area contributed by atoms with Crippen molar-refractivity contribution in [2.45, 2.75) is 64.6 Å². The lowest BCUT2D eigenvalue weighted by Crippen LogP contribution is -2.39. The lowest BCUT2D eigenvalue weighted by molar-refractivity contribution is -0.124. The predicted molar refractivity (Wildman–Crippen MR) is 117 cm³/mol. The molecule has 158 valence electrons. The normalized spacial score (nSPS) is 20.7. The Kier molecular flexibility index (Phi) is 6.02. The molecule has 2 heterocycles. The maximum Gasteiger partial charge on any atom is 0.322 e. The number of anilines is 1. The Morgan fingerprint density at radius 3 is 2.37 bits per heavy atom. The topological polar surface area (TPSA) is 74.3 Å². The van der Waals surface area contributed by atoms with Gasteiger partial charge in [-0.15, -0.1) is 0 Å². The number of carbonyl (C=O) groups excluding carboxylic acids is 2. The molecule has 30 heavy (non-hydrogen) atoms. The Hall–Kier alpha value is -2.89. The second-order valence-electron chi connectivity index (χ2n) is 8.76. The van der Waals surface area contributed by atoms with E-state index in [-0.39, 0.29) is 17.9 Å². The minimum absolute atomic E-state index is 0.0388. The monoisotopic (exact) mass is 406 g/mol. The quantitative estimate of drug-likeness (QED) is 0.789. The summed E-state index contributed by atoms with van der Waals surface area (Å²) in [5.74, 6) is 0.704. The molecular weight excluding hydrogens is 376 g/mol. The first kappa shape index (κ1) is 20.4. The third kappa shape index (κ3) is 4.64. The third-order valence-electron chi connectivity index (χ3n) is 6.25. The number of fused-ring (bicyclic) bond motifs is 1. The van der Waals surface area contributed by atoms with Gasteiger partial charge in [0.05, 0.1) is 0 Å². The number of hydrogen-bond donors (Lipinski definition) is 2. The number of aromatic nitrogens is 1. The number of amides is 3. The van der Waals surface area contributed by atoms with Gasteiger partial charge in [0, 0.05) is 43.1 Å². The summed E-state index contributed by atoms with van der Waals surface area (Å²) < 4.78 is 0. The molecule has 1 fully saturated rings. The first-order valence-electron chi connectivity index (χ1n) is 10.9. The Morgan fingerprint density at radius 2 is 1.70 bits per heavy atom. The highest BCUT2D eigenvalue weighted by atomic mass is 16.2. The van der Waals surface area contributed by atoms with E-state index in [9.17, 15) is 9.59 Å². The molecule has 0 bridgehead atoms.